The van der Waals surface area contributed by atoms with E-state index in [9.17, 15) is 19.5 Å². The third-order valence-corrected chi connectivity index (χ3v) is 5.53. The monoisotopic (exact) mass is 599 g/mol. The fourth-order valence-corrected chi connectivity index (χ4v) is 3.73. The van der Waals surface area contributed by atoms with Crippen molar-refractivity contribution in [3.63, 3.8) is 0 Å². The maximum absolute atomic E-state index is 12.3. The van der Waals surface area contributed by atoms with Gasteiger partial charge in [0.25, 0.3) is 0 Å². The van der Waals surface area contributed by atoms with E-state index in [2.05, 4.69) is 15.6 Å². The predicted octanol–water partition coefficient (Wildman–Crippen LogP) is 6.16. The van der Waals surface area contributed by atoms with Gasteiger partial charge in [-0.25, -0.2) is 19.4 Å². The molecule has 2 amide bonds. The van der Waals surface area contributed by atoms with Crippen LogP contribution in [-0.2, 0) is 31.8 Å². The molecule has 2 rings (SSSR count). The molecule has 3 N–H and O–H groups in total. The molecule has 2 aromatic carbocycles. The Morgan fingerprint density at radius 1 is 0.814 bits per heavy atom. The number of guanidine groups is 1. The van der Waals surface area contributed by atoms with E-state index < -0.39 is 35.5 Å². The molecule has 0 aliphatic rings. The molecule has 0 heterocycles. The van der Waals surface area contributed by atoms with Gasteiger partial charge in [0, 0.05) is 13.0 Å². The topological polar surface area (TPSA) is 145 Å². The van der Waals surface area contributed by atoms with Crippen LogP contribution in [-0.4, -0.2) is 59.7 Å². The zero-order valence-electron chi connectivity index (χ0n) is 26.2. The Balaban J connectivity index is 1.88. The van der Waals surface area contributed by atoms with Crippen LogP contribution in [0.5, 0.6) is 5.75 Å². The lowest BCUT2D eigenvalue weighted by Gasteiger charge is -2.22. The van der Waals surface area contributed by atoms with Crippen molar-refractivity contribution in [1.82, 2.24) is 10.6 Å². The van der Waals surface area contributed by atoms with Crippen LogP contribution in [0.2, 0.25) is 0 Å². The Bertz CT molecular complexity index is 1180. The minimum Gasteiger partial charge on any atom is -0.494 e. The fourth-order valence-electron chi connectivity index (χ4n) is 3.73. The van der Waals surface area contributed by atoms with Gasteiger partial charge in [-0.05, 0) is 103 Å². The molecule has 0 radical (unpaired) electrons. The van der Waals surface area contributed by atoms with Gasteiger partial charge in [-0.1, -0.05) is 24.3 Å². The highest BCUT2D eigenvalue weighted by atomic mass is 16.6. The number of aliphatic carboxylic acids is 1. The number of unbranched alkanes of at least 4 members (excludes halogenated alkanes) is 1. The van der Waals surface area contributed by atoms with Crippen molar-refractivity contribution in [3.05, 3.63) is 59.7 Å². The van der Waals surface area contributed by atoms with Gasteiger partial charge in [-0.15, -0.1) is 0 Å². The second-order valence-corrected chi connectivity index (χ2v) is 11.8. The number of rotatable bonds is 12. The molecule has 11 nitrogen and oxygen atoms in total. The van der Waals surface area contributed by atoms with Crippen LogP contribution in [0.4, 0.5) is 15.3 Å². The highest BCUT2D eigenvalue weighted by molar-refractivity contribution is 6.02. The van der Waals surface area contributed by atoms with E-state index in [4.69, 9.17) is 18.9 Å². The maximum atomic E-state index is 12.3. The van der Waals surface area contributed by atoms with E-state index >= 15 is 0 Å². The first-order valence-corrected chi connectivity index (χ1v) is 14.4. The number of amides is 2. The number of hydrogen-bond donors (Lipinski definition) is 3. The summed E-state index contributed by atoms with van der Waals surface area (Å²) in [6, 6.07) is 14.8. The molecule has 1 unspecified atom stereocenters. The van der Waals surface area contributed by atoms with E-state index in [0.29, 0.717) is 25.3 Å². The third kappa shape index (κ3) is 15.1. The number of nitrogens with one attached hydrogen (secondary N) is 2. The van der Waals surface area contributed by atoms with Gasteiger partial charge < -0.3 is 24.1 Å². The summed E-state index contributed by atoms with van der Waals surface area (Å²) in [4.78, 5) is 40.2. The number of carbonyl (C=O) groups is 3. The van der Waals surface area contributed by atoms with Crippen LogP contribution < -0.4 is 15.4 Å². The highest BCUT2D eigenvalue weighted by Crippen LogP contribution is 2.17. The number of carbonyl (C=O) groups excluding carboxylic acids is 2. The summed E-state index contributed by atoms with van der Waals surface area (Å²) in [7, 11) is 0. The van der Waals surface area contributed by atoms with Crippen molar-refractivity contribution >= 4 is 29.8 Å². The van der Waals surface area contributed by atoms with Gasteiger partial charge in [0.05, 0.1) is 12.3 Å². The van der Waals surface area contributed by atoms with Gasteiger partial charge in [-0.3, -0.25) is 10.6 Å². The molecule has 0 saturated carbocycles. The standard InChI is InChI=1S/C32H45N3O8/c1-8-40-26(27(36)37)21-23-14-18-25(19-15-23)41-20-10-9-11-22-12-16-24(17-13-22)33-28(34-29(38)42-31(2,3)4)35-30(39)43-32(5,6)7/h12-19,26H,8-11,20-21H2,1-7H3,(H,36,37)(H2,33,34,35,38,39). The minimum absolute atomic E-state index is 0.113. The molecular weight excluding hydrogens is 554 g/mol. The van der Waals surface area contributed by atoms with E-state index in [1.807, 2.05) is 36.4 Å². The van der Waals surface area contributed by atoms with Gasteiger partial charge in [-0.2, -0.15) is 0 Å². The first-order chi connectivity index (χ1) is 20.1. The predicted molar refractivity (Wildman–Crippen MR) is 164 cm³/mol. The Hall–Kier alpha value is -4.12. The lowest BCUT2D eigenvalue weighted by molar-refractivity contribution is -0.149. The van der Waals surface area contributed by atoms with Gasteiger partial charge in [0.15, 0.2) is 6.10 Å². The maximum Gasteiger partial charge on any atom is 0.414 e. The van der Waals surface area contributed by atoms with E-state index in [0.717, 1.165) is 36.1 Å². The lowest BCUT2D eigenvalue weighted by Crippen LogP contribution is -2.47. The van der Waals surface area contributed by atoms with Crippen LogP contribution in [0, 0.1) is 0 Å². The summed E-state index contributed by atoms with van der Waals surface area (Å²) < 4.78 is 21.7. The SMILES string of the molecule is CCOC(Cc1ccc(OCCCCc2ccc(N=C(NC(=O)OC(C)(C)C)NC(=O)OC(C)(C)C)cc2)cc1)C(=O)O. The van der Waals surface area contributed by atoms with Crippen molar-refractivity contribution in [2.24, 2.45) is 4.99 Å². The number of nitrogens with zero attached hydrogens (tertiary/aromatic N) is 1. The molecule has 0 aliphatic heterocycles. The van der Waals surface area contributed by atoms with Gasteiger partial charge in [0.1, 0.15) is 17.0 Å². The molecule has 1 atom stereocenters. The fraction of sp³-hybridized carbons (Fsp3) is 0.500. The van der Waals surface area contributed by atoms with E-state index in [-0.39, 0.29) is 5.96 Å². The summed E-state index contributed by atoms with van der Waals surface area (Å²) in [5, 5.41) is 14.2. The Labute approximate surface area is 254 Å². The number of hydrogen-bond acceptors (Lipinski definition) is 8. The molecule has 11 heteroatoms. The number of aryl methyl sites for hydroxylation is 1. The smallest absolute Gasteiger partial charge is 0.414 e. The van der Waals surface area contributed by atoms with E-state index in [1.54, 1.807) is 60.6 Å². The molecule has 2 aromatic rings. The normalized spacial score (nSPS) is 12.1. The van der Waals surface area contributed by atoms with Crippen molar-refractivity contribution in [1.29, 1.82) is 0 Å². The zero-order chi connectivity index (χ0) is 32.0. The number of benzene rings is 2. The zero-order valence-corrected chi connectivity index (χ0v) is 26.2. The second-order valence-electron chi connectivity index (χ2n) is 11.8. The Kier molecular flexibility index (Phi) is 13.5. The van der Waals surface area contributed by atoms with Crippen LogP contribution in [0.15, 0.2) is 53.5 Å². The number of carboxylic acid groups (broad SMARTS) is 1. The largest absolute Gasteiger partial charge is 0.494 e. The number of alkyl carbamates (subject to hydrolysis) is 2. The van der Waals surface area contributed by atoms with Crippen LogP contribution >= 0.6 is 0 Å². The third-order valence-electron chi connectivity index (χ3n) is 5.53. The van der Waals surface area contributed by atoms with Gasteiger partial charge in [0.2, 0.25) is 5.96 Å². The average molecular weight is 600 g/mol. The summed E-state index contributed by atoms with van der Waals surface area (Å²) in [5.41, 5.74) is 1.04. The van der Waals surface area contributed by atoms with Crippen LogP contribution in [0.3, 0.4) is 0 Å². The summed E-state index contributed by atoms with van der Waals surface area (Å²) in [6.07, 6.45) is 0.505. The van der Waals surface area contributed by atoms with Crippen molar-refractivity contribution < 1.29 is 38.4 Å². The average Bonchev–Trinajstić information content (AvgIpc) is 2.87. The molecule has 0 spiro atoms. The van der Waals surface area contributed by atoms with Crippen LogP contribution in [0.1, 0.15) is 72.4 Å². The molecule has 43 heavy (non-hydrogen) atoms. The summed E-state index contributed by atoms with van der Waals surface area (Å²) >= 11 is 0. The molecule has 0 fully saturated rings. The quantitative estimate of drug-likeness (QED) is 0.150. The highest BCUT2D eigenvalue weighted by Gasteiger charge is 2.21. The summed E-state index contributed by atoms with van der Waals surface area (Å²) in [5.74, 6) is -0.359. The Morgan fingerprint density at radius 3 is 1.84 bits per heavy atom. The first kappa shape index (κ1) is 35.1. The minimum atomic E-state index is -0.972. The first-order valence-electron chi connectivity index (χ1n) is 14.4. The number of carboxylic acids is 1. The Morgan fingerprint density at radius 2 is 1.35 bits per heavy atom. The summed E-state index contributed by atoms with van der Waals surface area (Å²) in [6.45, 7) is 13.1. The molecule has 0 aromatic heterocycles. The number of ether oxygens (including phenoxy) is 4. The molecule has 236 valence electrons. The van der Waals surface area contributed by atoms with Crippen molar-refractivity contribution in [3.8, 4) is 5.75 Å². The molecule has 0 saturated heterocycles. The van der Waals surface area contributed by atoms with Crippen molar-refractivity contribution in [2.75, 3.05) is 13.2 Å². The molecule has 0 bridgehead atoms. The van der Waals surface area contributed by atoms with E-state index in [1.165, 1.54) is 0 Å². The second kappa shape index (κ2) is 16.5. The number of aliphatic imine (C=N–C) groups is 1. The van der Waals surface area contributed by atoms with Crippen molar-refractivity contribution in [2.45, 2.75) is 91.5 Å². The lowest BCUT2D eigenvalue weighted by atomic mass is 10.1. The van der Waals surface area contributed by atoms with Crippen LogP contribution in [0.25, 0.3) is 0 Å². The molecular formula is C32H45N3O8. The molecule has 0 aliphatic carbocycles. The van der Waals surface area contributed by atoms with Gasteiger partial charge >= 0.3 is 18.2 Å².